The normalized spacial score (nSPS) is 19.2. The first-order chi connectivity index (χ1) is 18.2. The van der Waals surface area contributed by atoms with Crippen molar-refractivity contribution in [2.75, 3.05) is 24.4 Å². The van der Waals surface area contributed by atoms with Crippen molar-refractivity contribution in [1.82, 2.24) is 0 Å². The average molecular weight is 523 g/mol. The predicted molar refractivity (Wildman–Crippen MR) is 136 cm³/mol. The fourth-order valence-electron chi connectivity index (χ4n) is 5.25. The van der Waals surface area contributed by atoms with Crippen molar-refractivity contribution >= 4 is 23.1 Å². The first-order valence-corrected chi connectivity index (χ1v) is 12.0. The zero-order chi connectivity index (χ0) is 27.0. The van der Waals surface area contributed by atoms with E-state index in [1.54, 1.807) is 30.3 Å². The summed E-state index contributed by atoms with van der Waals surface area (Å²) in [5.41, 5.74) is 2.18. The molecule has 196 valence electrons. The van der Waals surface area contributed by atoms with E-state index in [2.05, 4.69) is 5.32 Å². The Balaban J connectivity index is 1.76. The largest absolute Gasteiger partial charge is 0.493 e. The van der Waals surface area contributed by atoms with Gasteiger partial charge < -0.3 is 14.8 Å². The first kappa shape index (κ1) is 25.4. The summed E-state index contributed by atoms with van der Waals surface area (Å²) >= 11 is 0. The van der Waals surface area contributed by atoms with Gasteiger partial charge >= 0.3 is 12.1 Å². The lowest BCUT2D eigenvalue weighted by atomic mass is 9.78. The van der Waals surface area contributed by atoms with E-state index in [-0.39, 0.29) is 40.7 Å². The maximum atomic E-state index is 14.1. The second-order valence-corrected chi connectivity index (χ2v) is 9.16. The molecule has 9 heteroatoms. The van der Waals surface area contributed by atoms with Gasteiger partial charge in [0, 0.05) is 17.7 Å². The van der Waals surface area contributed by atoms with Crippen LogP contribution in [-0.2, 0) is 9.59 Å². The average Bonchev–Trinajstić information content (AvgIpc) is 3.06. The van der Waals surface area contributed by atoms with E-state index in [9.17, 15) is 22.8 Å². The molecule has 0 saturated heterocycles. The van der Waals surface area contributed by atoms with Crippen LogP contribution in [0, 0.1) is 0 Å². The molecule has 0 radical (unpaired) electrons. The number of rotatable bonds is 4. The number of hydrogen-bond acceptors (Lipinski definition) is 5. The van der Waals surface area contributed by atoms with Gasteiger partial charge in [-0.25, -0.2) is 0 Å². The summed E-state index contributed by atoms with van der Waals surface area (Å²) in [6.07, 6.45) is -4.70. The molecule has 2 atom stereocenters. The molecule has 1 N–H and O–H groups in total. The molecule has 0 fully saturated rings. The monoisotopic (exact) mass is 522 g/mol. The Morgan fingerprint density at radius 1 is 0.895 bits per heavy atom. The van der Waals surface area contributed by atoms with Crippen molar-refractivity contribution in [3.05, 3.63) is 95.2 Å². The summed E-state index contributed by atoms with van der Waals surface area (Å²) in [6, 6.07) is 19.0. The van der Waals surface area contributed by atoms with Gasteiger partial charge in [0.15, 0.2) is 17.3 Å². The molecule has 1 aliphatic heterocycles. The number of anilines is 2. The lowest BCUT2D eigenvalue weighted by molar-refractivity contribution is -0.170. The lowest BCUT2D eigenvalue weighted by Gasteiger charge is -2.35. The second-order valence-electron chi connectivity index (χ2n) is 9.16. The molecular weight excluding hydrogens is 497 g/mol. The molecule has 38 heavy (non-hydrogen) atoms. The van der Waals surface area contributed by atoms with Crippen LogP contribution in [0.25, 0.3) is 0 Å². The third-order valence-electron chi connectivity index (χ3n) is 6.94. The third kappa shape index (κ3) is 4.49. The van der Waals surface area contributed by atoms with Crippen molar-refractivity contribution in [2.45, 2.75) is 31.0 Å². The molecular formula is C29H25F3N2O4. The van der Waals surface area contributed by atoms with Gasteiger partial charge in [0.2, 0.25) is 0 Å². The van der Waals surface area contributed by atoms with Crippen LogP contribution in [-0.4, -0.2) is 32.1 Å². The van der Waals surface area contributed by atoms with Crippen LogP contribution in [0.15, 0.2) is 84.1 Å². The maximum Gasteiger partial charge on any atom is 0.471 e. The number of nitrogens with one attached hydrogen (secondary N) is 1. The molecule has 1 amide bonds. The zero-order valence-corrected chi connectivity index (χ0v) is 20.7. The minimum atomic E-state index is -5.18. The molecule has 0 spiro atoms. The summed E-state index contributed by atoms with van der Waals surface area (Å²) in [5.74, 6) is -1.94. The van der Waals surface area contributed by atoms with Gasteiger partial charge in [-0.2, -0.15) is 13.2 Å². The number of Topliss-reactive ketones (excluding diaryl/α,β-unsaturated/α-hetero) is 1. The summed E-state index contributed by atoms with van der Waals surface area (Å²) in [6.45, 7) is 0. The Bertz CT molecular complexity index is 1420. The molecule has 0 saturated carbocycles. The number of amides is 1. The van der Waals surface area contributed by atoms with Crippen molar-refractivity contribution < 1.29 is 32.2 Å². The minimum Gasteiger partial charge on any atom is -0.493 e. The first-order valence-electron chi connectivity index (χ1n) is 12.0. The Hall–Kier alpha value is -4.27. The number of nitrogens with zero attached hydrogens (tertiary/aromatic N) is 1. The van der Waals surface area contributed by atoms with Crippen LogP contribution < -0.4 is 19.7 Å². The standard InChI is InChI=1S/C29H25F3N2O4/c1-37-24-13-12-18(16-25(24)38-2)27-26-21(14-19(15-23(26)35)17-8-4-3-5-9-17)33-20-10-6-7-11-22(20)34(27)28(36)29(30,31)32/h3-13,16,19,27,33H,14-15H2,1-2H3/t19-,27-/m0/s1. The quantitative estimate of drug-likeness (QED) is 0.444. The summed E-state index contributed by atoms with van der Waals surface area (Å²) < 4.78 is 52.9. The fourth-order valence-corrected chi connectivity index (χ4v) is 5.25. The van der Waals surface area contributed by atoms with Gasteiger partial charge in [0.05, 0.1) is 31.6 Å². The van der Waals surface area contributed by atoms with Crippen LogP contribution >= 0.6 is 0 Å². The van der Waals surface area contributed by atoms with Gasteiger partial charge in [-0.05, 0) is 47.7 Å². The number of fused-ring (bicyclic) bond motifs is 1. The Morgan fingerprint density at radius 3 is 2.26 bits per heavy atom. The number of halogens is 3. The van der Waals surface area contributed by atoms with E-state index in [4.69, 9.17) is 9.47 Å². The number of carbonyl (C=O) groups is 2. The molecule has 0 unspecified atom stereocenters. The van der Waals surface area contributed by atoms with Crippen LogP contribution in [0.1, 0.15) is 35.9 Å². The van der Waals surface area contributed by atoms with E-state index >= 15 is 0 Å². The van der Waals surface area contributed by atoms with E-state index in [0.29, 0.717) is 28.5 Å². The highest BCUT2D eigenvalue weighted by molar-refractivity contribution is 6.07. The number of para-hydroxylation sites is 2. The number of methoxy groups -OCH3 is 2. The van der Waals surface area contributed by atoms with E-state index in [1.165, 1.54) is 26.4 Å². The molecule has 3 aromatic carbocycles. The number of ether oxygens (including phenoxy) is 2. The number of benzene rings is 3. The highest BCUT2D eigenvalue weighted by Gasteiger charge is 2.50. The Labute approximate surface area is 217 Å². The molecule has 1 aliphatic carbocycles. The van der Waals surface area contributed by atoms with Crippen LogP contribution in [0.4, 0.5) is 24.5 Å². The van der Waals surface area contributed by atoms with Crippen molar-refractivity contribution in [1.29, 1.82) is 0 Å². The molecule has 3 aromatic rings. The molecule has 0 bridgehead atoms. The number of carbonyl (C=O) groups excluding carboxylic acids is 2. The van der Waals surface area contributed by atoms with Crippen molar-refractivity contribution in [3.8, 4) is 11.5 Å². The Morgan fingerprint density at radius 2 is 1.58 bits per heavy atom. The smallest absolute Gasteiger partial charge is 0.471 e. The third-order valence-corrected chi connectivity index (χ3v) is 6.94. The highest BCUT2D eigenvalue weighted by atomic mass is 19.4. The summed E-state index contributed by atoms with van der Waals surface area (Å²) in [4.78, 5) is 27.5. The van der Waals surface area contributed by atoms with E-state index in [1.807, 2.05) is 30.3 Å². The van der Waals surface area contributed by atoms with Crippen molar-refractivity contribution in [3.63, 3.8) is 0 Å². The fraction of sp³-hybridized carbons (Fsp3) is 0.241. The van der Waals surface area contributed by atoms with Crippen molar-refractivity contribution in [2.24, 2.45) is 0 Å². The predicted octanol–water partition coefficient (Wildman–Crippen LogP) is 6.17. The van der Waals surface area contributed by atoms with Gasteiger partial charge in [0.1, 0.15) is 0 Å². The summed E-state index contributed by atoms with van der Waals surface area (Å²) in [7, 11) is 2.85. The van der Waals surface area contributed by atoms with Gasteiger partial charge in [-0.3, -0.25) is 14.5 Å². The number of allylic oxidation sites excluding steroid dienone is 1. The highest BCUT2D eigenvalue weighted by Crippen LogP contribution is 2.49. The molecule has 6 nitrogen and oxygen atoms in total. The second kappa shape index (κ2) is 9.89. The van der Waals surface area contributed by atoms with E-state index < -0.39 is 18.1 Å². The molecule has 2 aliphatic rings. The molecule has 0 aromatic heterocycles. The number of hydrogen-bond donors (Lipinski definition) is 1. The van der Waals surface area contributed by atoms with Crippen LogP contribution in [0.5, 0.6) is 11.5 Å². The zero-order valence-electron chi connectivity index (χ0n) is 20.7. The van der Waals surface area contributed by atoms with Gasteiger partial charge in [-0.1, -0.05) is 48.5 Å². The summed E-state index contributed by atoms with van der Waals surface area (Å²) in [5, 5.41) is 3.22. The molecule has 1 heterocycles. The number of ketones is 1. The van der Waals surface area contributed by atoms with Gasteiger partial charge in [0.25, 0.3) is 0 Å². The maximum absolute atomic E-state index is 14.1. The van der Waals surface area contributed by atoms with Gasteiger partial charge in [-0.15, -0.1) is 0 Å². The lowest BCUT2D eigenvalue weighted by Crippen LogP contribution is -2.45. The van der Waals surface area contributed by atoms with Crippen LogP contribution in [0.2, 0.25) is 0 Å². The van der Waals surface area contributed by atoms with Crippen LogP contribution in [0.3, 0.4) is 0 Å². The SMILES string of the molecule is COc1ccc([C@H]2C3=C(C[C@H](c4ccccc4)CC3=O)Nc3ccccc3N2C(=O)C(F)(F)F)cc1OC. The Kier molecular flexibility index (Phi) is 6.60. The topological polar surface area (TPSA) is 67.9 Å². The van der Waals surface area contributed by atoms with E-state index in [0.717, 1.165) is 5.56 Å². The number of alkyl halides is 3. The molecule has 5 rings (SSSR count). The minimum absolute atomic E-state index is 0.0214.